The van der Waals surface area contributed by atoms with Gasteiger partial charge in [-0.25, -0.2) is 9.79 Å². The number of rotatable bonds is 6. The number of carbonyl (C=O) groups is 2. The number of aliphatic imine (C=N–C) groups is 1. The highest BCUT2D eigenvalue weighted by Crippen LogP contribution is 2.32. The van der Waals surface area contributed by atoms with Crippen LogP contribution in [0.15, 0.2) is 50.8 Å². The number of benzene rings is 2. The topological polar surface area (TPSA) is 131 Å². The molecule has 3 rings (SSSR count). The number of thioether (sulfide) groups is 1. The maximum Gasteiger partial charge on any atom is 0.341 e. The van der Waals surface area contributed by atoms with E-state index in [0.717, 1.165) is 11.8 Å². The van der Waals surface area contributed by atoms with Crippen LogP contribution in [0.25, 0.3) is 6.08 Å². The number of carboxylic acids is 1. The van der Waals surface area contributed by atoms with Gasteiger partial charge < -0.3 is 15.2 Å². The molecule has 30 heavy (non-hydrogen) atoms. The van der Waals surface area contributed by atoms with Gasteiger partial charge in [0.15, 0.2) is 11.8 Å². The predicted octanol–water partition coefficient (Wildman–Crippen LogP) is 4.02. The van der Waals surface area contributed by atoms with Crippen molar-refractivity contribution in [1.82, 2.24) is 5.32 Å². The van der Waals surface area contributed by atoms with Crippen molar-refractivity contribution in [2.24, 2.45) is 4.99 Å². The van der Waals surface area contributed by atoms with E-state index in [2.05, 4.69) is 26.2 Å². The van der Waals surface area contributed by atoms with Crippen molar-refractivity contribution in [3.8, 4) is 5.75 Å². The zero-order valence-corrected chi connectivity index (χ0v) is 17.8. The lowest BCUT2D eigenvalue weighted by Gasteiger charge is -2.06. The third-order valence-electron chi connectivity index (χ3n) is 3.87. The normalized spacial score (nSPS) is 16.0. The molecule has 1 heterocycles. The molecule has 1 saturated heterocycles. The Morgan fingerprint density at radius 3 is 2.77 bits per heavy atom. The summed E-state index contributed by atoms with van der Waals surface area (Å²) in [6.07, 6.45) is 1.66. The van der Waals surface area contributed by atoms with Gasteiger partial charge in [-0.1, -0.05) is 6.07 Å². The summed E-state index contributed by atoms with van der Waals surface area (Å²) in [5.41, 5.74) is 1.81. The first-order chi connectivity index (χ1) is 14.2. The highest BCUT2D eigenvalue weighted by atomic mass is 79.9. The molecule has 1 amide bonds. The van der Waals surface area contributed by atoms with Gasteiger partial charge in [0.1, 0.15) is 5.75 Å². The van der Waals surface area contributed by atoms with Crippen molar-refractivity contribution in [3.63, 3.8) is 0 Å². The summed E-state index contributed by atoms with van der Waals surface area (Å²) < 4.78 is 5.70. The van der Waals surface area contributed by atoms with Gasteiger partial charge in [0, 0.05) is 12.1 Å². The summed E-state index contributed by atoms with van der Waals surface area (Å²) in [5, 5.41) is 22.6. The number of amides is 1. The summed E-state index contributed by atoms with van der Waals surface area (Å²) >= 11 is 4.46. The molecular weight excluding hydrogens is 478 g/mol. The Bertz CT molecular complexity index is 1120. The van der Waals surface area contributed by atoms with Crippen LogP contribution in [-0.2, 0) is 9.59 Å². The number of nitro groups is 1. The van der Waals surface area contributed by atoms with Gasteiger partial charge in [-0.2, -0.15) is 0 Å². The fourth-order valence-corrected chi connectivity index (χ4v) is 3.83. The van der Waals surface area contributed by atoms with Gasteiger partial charge in [0.2, 0.25) is 0 Å². The first kappa shape index (κ1) is 21.5. The maximum atomic E-state index is 12.3. The molecule has 2 N–H and O–H groups in total. The molecule has 0 aliphatic carbocycles. The third kappa shape index (κ3) is 5.24. The quantitative estimate of drug-likeness (QED) is 0.354. The van der Waals surface area contributed by atoms with Gasteiger partial charge in [-0.3, -0.25) is 14.9 Å². The smallest absolute Gasteiger partial charge is 0.341 e. The zero-order valence-electron chi connectivity index (χ0n) is 15.4. The van der Waals surface area contributed by atoms with Crippen molar-refractivity contribution in [2.45, 2.75) is 6.92 Å². The largest absolute Gasteiger partial charge is 0.481 e. The average molecular weight is 492 g/mol. The van der Waals surface area contributed by atoms with E-state index in [1.165, 1.54) is 18.2 Å². The van der Waals surface area contributed by atoms with Crippen molar-refractivity contribution in [1.29, 1.82) is 0 Å². The summed E-state index contributed by atoms with van der Waals surface area (Å²) in [7, 11) is 0. The average Bonchev–Trinajstić information content (AvgIpc) is 3.01. The lowest BCUT2D eigenvalue weighted by molar-refractivity contribution is -0.384. The fraction of sp³-hybridized carbons (Fsp3) is 0.105. The summed E-state index contributed by atoms with van der Waals surface area (Å²) in [6.45, 7) is 1.25. The number of amidine groups is 1. The van der Waals surface area contributed by atoms with E-state index in [4.69, 9.17) is 9.84 Å². The van der Waals surface area contributed by atoms with E-state index in [0.29, 0.717) is 37.1 Å². The molecule has 1 aliphatic heterocycles. The highest BCUT2D eigenvalue weighted by Gasteiger charge is 2.24. The Labute approximate surface area is 183 Å². The zero-order chi connectivity index (χ0) is 21.8. The third-order valence-corrected chi connectivity index (χ3v) is 5.40. The number of nitro benzene ring substituents is 1. The van der Waals surface area contributed by atoms with E-state index in [9.17, 15) is 19.7 Å². The van der Waals surface area contributed by atoms with Crippen LogP contribution in [0.3, 0.4) is 0 Å². The minimum atomic E-state index is -1.08. The molecule has 0 unspecified atom stereocenters. The van der Waals surface area contributed by atoms with Crippen molar-refractivity contribution in [3.05, 3.63) is 67.0 Å². The van der Waals surface area contributed by atoms with Gasteiger partial charge in [0.05, 0.1) is 20.0 Å². The van der Waals surface area contributed by atoms with Crippen LogP contribution < -0.4 is 10.1 Å². The molecule has 0 radical (unpaired) electrons. The first-order valence-corrected chi connectivity index (χ1v) is 10.0. The lowest BCUT2D eigenvalue weighted by atomic mass is 10.2. The first-order valence-electron chi connectivity index (χ1n) is 8.41. The Morgan fingerprint density at radius 2 is 2.13 bits per heavy atom. The number of carboxylic acid groups (broad SMARTS) is 1. The molecular formula is C19H14BrN3O6S. The molecule has 1 aliphatic rings. The van der Waals surface area contributed by atoms with E-state index in [-0.39, 0.29) is 11.6 Å². The number of aryl methyl sites for hydroxylation is 1. The number of ether oxygens (including phenoxy) is 1. The fourth-order valence-electron chi connectivity index (χ4n) is 2.48. The summed E-state index contributed by atoms with van der Waals surface area (Å²) in [4.78, 5) is 38.0. The molecule has 154 valence electrons. The Morgan fingerprint density at radius 1 is 1.37 bits per heavy atom. The molecule has 0 spiro atoms. The molecule has 0 atom stereocenters. The molecule has 2 aromatic carbocycles. The SMILES string of the molecule is Cc1cc([N+](=O)[O-])ccc1N=C1NC(=O)/C(=C\c2ccc(OCC(=O)O)c(Br)c2)S1. The van der Waals surface area contributed by atoms with Crippen molar-refractivity contribution in [2.75, 3.05) is 6.61 Å². The number of hydrogen-bond acceptors (Lipinski definition) is 7. The number of nitrogens with zero attached hydrogens (tertiary/aromatic N) is 2. The minimum absolute atomic E-state index is 0.0264. The van der Waals surface area contributed by atoms with Crippen LogP contribution in [0.1, 0.15) is 11.1 Å². The molecule has 0 aromatic heterocycles. The van der Waals surface area contributed by atoms with Crippen LogP contribution in [0.2, 0.25) is 0 Å². The number of aliphatic carboxylic acids is 1. The Hall–Kier alpha value is -3.18. The number of halogens is 1. The predicted molar refractivity (Wildman–Crippen MR) is 116 cm³/mol. The van der Waals surface area contributed by atoms with Crippen LogP contribution in [0.5, 0.6) is 5.75 Å². The van der Waals surface area contributed by atoms with E-state index in [1.54, 1.807) is 31.2 Å². The van der Waals surface area contributed by atoms with Gasteiger partial charge in [-0.15, -0.1) is 0 Å². The second kappa shape index (κ2) is 9.09. The highest BCUT2D eigenvalue weighted by molar-refractivity contribution is 9.10. The van der Waals surface area contributed by atoms with Gasteiger partial charge in [-0.05, 0) is 70.0 Å². The molecule has 1 fully saturated rings. The molecule has 0 bridgehead atoms. The van der Waals surface area contributed by atoms with Gasteiger partial charge >= 0.3 is 5.97 Å². The summed E-state index contributed by atoms with van der Waals surface area (Å²) in [5.74, 6) is -1.03. The lowest BCUT2D eigenvalue weighted by Crippen LogP contribution is -2.19. The molecule has 2 aromatic rings. The van der Waals surface area contributed by atoms with Crippen molar-refractivity contribution < 1.29 is 24.4 Å². The molecule has 11 heteroatoms. The monoisotopic (exact) mass is 491 g/mol. The van der Waals surface area contributed by atoms with Crippen LogP contribution in [0.4, 0.5) is 11.4 Å². The van der Waals surface area contributed by atoms with Crippen LogP contribution in [-0.4, -0.2) is 33.7 Å². The summed E-state index contributed by atoms with van der Waals surface area (Å²) in [6, 6.07) is 9.30. The Balaban J connectivity index is 1.78. The molecule has 0 saturated carbocycles. The maximum absolute atomic E-state index is 12.3. The number of carbonyl (C=O) groups excluding carboxylic acids is 1. The second-order valence-electron chi connectivity index (χ2n) is 6.08. The standard InChI is InChI=1S/C19H14BrN3O6S/c1-10-6-12(23(27)28)3-4-14(10)21-19-22-18(26)16(30-19)8-11-2-5-15(13(20)7-11)29-9-17(24)25/h2-8H,9H2,1H3,(H,24,25)(H,21,22,26)/b16-8+. The molecule has 9 nitrogen and oxygen atoms in total. The number of nitrogens with one attached hydrogen (secondary N) is 1. The minimum Gasteiger partial charge on any atom is -0.481 e. The van der Waals surface area contributed by atoms with E-state index in [1.807, 2.05) is 0 Å². The second-order valence-corrected chi connectivity index (χ2v) is 7.97. The van der Waals surface area contributed by atoms with Gasteiger partial charge in [0.25, 0.3) is 11.6 Å². The number of hydrogen-bond donors (Lipinski definition) is 2. The van der Waals surface area contributed by atoms with E-state index < -0.39 is 17.5 Å². The van der Waals surface area contributed by atoms with E-state index >= 15 is 0 Å². The number of non-ortho nitro benzene ring substituents is 1. The van der Waals surface area contributed by atoms with Crippen molar-refractivity contribution >= 4 is 62.2 Å². The van der Waals surface area contributed by atoms with Crippen LogP contribution >= 0.6 is 27.7 Å². The Kier molecular flexibility index (Phi) is 6.53. The van der Waals surface area contributed by atoms with Crippen LogP contribution in [0, 0.1) is 17.0 Å².